The van der Waals surface area contributed by atoms with Gasteiger partial charge in [0.15, 0.2) is 0 Å². The van der Waals surface area contributed by atoms with Crippen molar-refractivity contribution in [1.82, 2.24) is 20.1 Å². The van der Waals surface area contributed by atoms with E-state index in [0.29, 0.717) is 24.7 Å². The summed E-state index contributed by atoms with van der Waals surface area (Å²) in [6.45, 7) is 7.42. The molecule has 4 rings (SSSR count). The monoisotopic (exact) mass is 460 g/mol. The SMILES string of the molecule is CC1CN(C(=O)c2csc(C3CCN(C(=O)NCCC4=CCCCC4)CC3)n2)CC(C)O1. The summed E-state index contributed by atoms with van der Waals surface area (Å²) in [6.07, 6.45) is 10.2. The Labute approximate surface area is 195 Å². The summed E-state index contributed by atoms with van der Waals surface area (Å²) in [6, 6.07) is 0.0467. The molecular weight excluding hydrogens is 424 g/mol. The van der Waals surface area contributed by atoms with Crippen LogP contribution in [0, 0.1) is 0 Å². The second-order valence-electron chi connectivity index (χ2n) is 9.39. The van der Waals surface area contributed by atoms with Crippen LogP contribution < -0.4 is 5.32 Å². The lowest BCUT2D eigenvalue weighted by molar-refractivity contribution is -0.0587. The van der Waals surface area contributed by atoms with Crippen LogP contribution in [0.2, 0.25) is 0 Å². The molecule has 1 aliphatic carbocycles. The molecule has 1 N–H and O–H groups in total. The molecule has 2 saturated heterocycles. The van der Waals surface area contributed by atoms with Gasteiger partial charge in [-0.25, -0.2) is 9.78 Å². The fraction of sp³-hybridized carbons (Fsp3) is 0.708. The van der Waals surface area contributed by atoms with E-state index < -0.39 is 0 Å². The van der Waals surface area contributed by atoms with Crippen molar-refractivity contribution in [2.75, 3.05) is 32.7 Å². The van der Waals surface area contributed by atoms with Gasteiger partial charge < -0.3 is 19.9 Å². The van der Waals surface area contributed by atoms with Crippen molar-refractivity contribution in [3.05, 3.63) is 27.7 Å². The molecular formula is C24H36N4O3S. The van der Waals surface area contributed by atoms with Gasteiger partial charge in [-0.15, -0.1) is 11.3 Å². The van der Waals surface area contributed by atoms with Crippen molar-refractivity contribution >= 4 is 23.3 Å². The summed E-state index contributed by atoms with van der Waals surface area (Å²) < 4.78 is 5.74. The molecule has 0 bridgehead atoms. The van der Waals surface area contributed by atoms with E-state index in [4.69, 9.17) is 9.72 Å². The van der Waals surface area contributed by atoms with E-state index in [9.17, 15) is 9.59 Å². The number of hydrogen-bond acceptors (Lipinski definition) is 5. The maximum Gasteiger partial charge on any atom is 0.317 e. The number of nitrogens with zero attached hydrogens (tertiary/aromatic N) is 3. The number of urea groups is 1. The molecule has 1 aromatic rings. The number of likely N-dealkylation sites (tertiary alicyclic amines) is 1. The number of carbonyl (C=O) groups excluding carboxylic acids is 2. The summed E-state index contributed by atoms with van der Waals surface area (Å²) in [4.78, 5) is 33.9. The highest BCUT2D eigenvalue weighted by Crippen LogP contribution is 2.31. The molecule has 3 heterocycles. The zero-order valence-corrected chi connectivity index (χ0v) is 20.2. The Morgan fingerprint density at radius 3 is 2.59 bits per heavy atom. The van der Waals surface area contributed by atoms with Crippen LogP contribution in [-0.2, 0) is 4.74 Å². The van der Waals surface area contributed by atoms with E-state index in [1.54, 1.807) is 11.3 Å². The third kappa shape index (κ3) is 5.90. The van der Waals surface area contributed by atoms with Crippen LogP contribution in [-0.4, -0.2) is 71.7 Å². The molecule has 3 amide bonds. The van der Waals surface area contributed by atoms with Crippen LogP contribution >= 0.6 is 11.3 Å². The largest absolute Gasteiger partial charge is 0.372 e. The van der Waals surface area contributed by atoms with E-state index in [1.807, 2.05) is 29.0 Å². The first kappa shape index (κ1) is 23.2. The van der Waals surface area contributed by atoms with Crippen molar-refractivity contribution in [3.8, 4) is 0 Å². The van der Waals surface area contributed by atoms with Crippen molar-refractivity contribution < 1.29 is 14.3 Å². The average Bonchev–Trinajstić information content (AvgIpc) is 3.29. The summed E-state index contributed by atoms with van der Waals surface area (Å²) in [7, 11) is 0. The minimum atomic E-state index is -0.000561. The number of allylic oxidation sites excluding steroid dienone is 1. The van der Waals surface area contributed by atoms with E-state index in [2.05, 4.69) is 11.4 Å². The van der Waals surface area contributed by atoms with Crippen LogP contribution in [0.5, 0.6) is 0 Å². The Hall–Kier alpha value is -1.93. The van der Waals surface area contributed by atoms with Crippen LogP contribution in [0.15, 0.2) is 17.0 Å². The third-order valence-corrected chi connectivity index (χ3v) is 7.69. The quantitative estimate of drug-likeness (QED) is 0.669. The predicted octanol–water partition coefficient (Wildman–Crippen LogP) is 4.17. The summed E-state index contributed by atoms with van der Waals surface area (Å²) in [5, 5.41) is 6.00. The molecule has 2 fully saturated rings. The highest BCUT2D eigenvalue weighted by molar-refractivity contribution is 7.09. The topological polar surface area (TPSA) is 74.8 Å². The number of ether oxygens (including phenoxy) is 1. The molecule has 7 nitrogen and oxygen atoms in total. The van der Waals surface area contributed by atoms with Crippen LogP contribution in [0.25, 0.3) is 0 Å². The van der Waals surface area contributed by atoms with Crippen molar-refractivity contribution in [2.24, 2.45) is 0 Å². The second kappa shape index (κ2) is 10.8. The number of carbonyl (C=O) groups is 2. The molecule has 32 heavy (non-hydrogen) atoms. The molecule has 0 radical (unpaired) electrons. The molecule has 2 aliphatic heterocycles. The number of thiazole rings is 1. The van der Waals surface area contributed by atoms with E-state index in [1.165, 1.54) is 31.3 Å². The number of morpholine rings is 1. The number of rotatable bonds is 5. The van der Waals surface area contributed by atoms with Gasteiger partial charge in [-0.2, -0.15) is 0 Å². The number of nitrogens with one attached hydrogen (secondary N) is 1. The van der Waals surface area contributed by atoms with E-state index in [0.717, 1.165) is 43.9 Å². The van der Waals surface area contributed by atoms with Gasteiger partial charge in [-0.1, -0.05) is 11.6 Å². The van der Waals surface area contributed by atoms with Gasteiger partial charge in [0.2, 0.25) is 0 Å². The number of amides is 3. The van der Waals surface area contributed by atoms with E-state index in [-0.39, 0.29) is 24.1 Å². The number of hydrogen-bond donors (Lipinski definition) is 1. The van der Waals surface area contributed by atoms with Gasteiger partial charge in [0.1, 0.15) is 5.69 Å². The Morgan fingerprint density at radius 2 is 1.91 bits per heavy atom. The fourth-order valence-electron chi connectivity index (χ4n) is 4.98. The van der Waals surface area contributed by atoms with Crippen molar-refractivity contribution in [3.63, 3.8) is 0 Å². The fourth-order valence-corrected chi connectivity index (χ4v) is 5.95. The Morgan fingerprint density at radius 1 is 1.16 bits per heavy atom. The summed E-state index contributed by atoms with van der Waals surface area (Å²) in [5.74, 6) is 0.319. The summed E-state index contributed by atoms with van der Waals surface area (Å²) in [5.41, 5.74) is 2.04. The first-order chi connectivity index (χ1) is 15.5. The standard InChI is InChI=1S/C24H36N4O3S/c1-17-14-28(15-18(2)31-17)23(29)21-16-32-22(26-21)20-9-12-27(13-10-20)24(30)25-11-8-19-6-4-3-5-7-19/h6,16-18,20H,3-5,7-15H2,1-2H3,(H,25,30). The average molecular weight is 461 g/mol. The molecule has 1 aromatic heterocycles. The normalized spacial score (nSPS) is 24.9. The zero-order valence-electron chi connectivity index (χ0n) is 19.3. The van der Waals surface area contributed by atoms with Gasteiger partial charge in [0.05, 0.1) is 17.2 Å². The molecule has 0 spiro atoms. The van der Waals surface area contributed by atoms with Gasteiger partial charge in [0.25, 0.3) is 5.91 Å². The minimum Gasteiger partial charge on any atom is -0.372 e. The predicted molar refractivity (Wildman–Crippen MR) is 126 cm³/mol. The van der Waals surface area contributed by atoms with Crippen molar-refractivity contribution in [1.29, 1.82) is 0 Å². The first-order valence-corrected chi connectivity index (χ1v) is 13.0. The maximum atomic E-state index is 12.9. The van der Waals surface area contributed by atoms with Gasteiger partial charge in [-0.05, 0) is 58.8 Å². The molecule has 3 aliphatic rings. The summed E-state index contributed by atoms with van der Waals surface area (Å²) >= 11 is 1.57. The molecule has 0 aromatic carbocycles. The van der Waals surface area contributed by atoms with Gasteiger partial charge in [0, 0.05) is 44.0 Å². The maximum absolute atomic E-state index is 12.9. The third-order valence-electron chi connectivity index (χ3n) is 6.69. The highest BCUT2D eigenvalue weighted by Gasteiger charge is 2.30. The smallest absolute Gasteiger partial charge is 0.317 e. The van der Waals surface area contributed by atoms with Gasteiger partial charge in [-0.3, -0.25) is 4.79 Å². The lowest BCUT2D eigenvalue weighted by Gasteiger charge is -2.35. The molecule has 2 unspecified atom stereocenters. The lowest BCUT2D eigenvalue weighted by Crippen LogP contribution is -2.48. The van der Waals surface area contributed by atoms with Crippen LogP contribution in [0.4, 0.5) is 4.79 Å². The van der Waals surface area contributed by atoms with Crippen molar-refractivity contribution in [2.45, 2.75) is 76.9 Å². The Balaban J connectivity index is 1.23. The number of aromatic nitrogens is 1. The minimum absolute atomic E-state index is 0.000561. The molecule has 0 saturated carbocycles. The highest BCUT2D eigenvalue weighted by atomic mass is 32.1. The van der Waals surface area contributed by atoms with Crippen LogP contribution in [0.1, 0.15) is 80.2 Å². The zero-order chi connectivity index (χ0) is 22.5. The van der Waals surface area contributed by atoms with Gasteiger partial charge >= 0.3 is 6.03 Å². The van der Waals surface area contributed by atoms with E-state index >= 15 is 0 Å². The number of piperidine rings is 1. The Bertz CT molecular complexity index is 821. The first-order valence-electron chi connectivity index (χ1n) is 12.1. The molecule has 2 atom stereocenters. The lowest BCUT2D eigenvalue weighted by atomic mass is 9.97. The molecule has 8 heteroatoms. The molecule has 176 valence electrons. The Kier molecular flexibility index (Phi) is 7.84. The second-order valence-corrected chi connectivity index (χ2v) is 10.3. The van der Waals surface area contributed by atoms with Crippen LogP contribution in [0.3, 0.4) is 0 Å².